The number of morpholine rings is 1. The number of halogens is 4. The third-order valence-electron chi connectivity index (χ3n) is 4.70. The van der Waals surface area contributed by atoms with Crippen LogP contribution in [0.1, 0.15) is 12.1 Å². The minimum absolute atomic E-state index is 0.0490. The van der Waals surface area contributed by atoms with Gasteiger partial charge in [-0.15, -0.1) is 0 Å². The maximum atomic E-state index is 13.9. The number of aromatic nitrogens is 5. The molecule has 0 aliphatic carbocycles. The van der Waals surface area contributed by atoms with Gasteiger partial charge in [0.2, 0.25) is 10.0 Å². The number of sulfonamides is 1. The maximum absolute atomic E-state index is 13.9. The van der Waals surface area contributed by atoms with Crippen LogP contribution in [-0.2, 0) is 14.8 Å². The molecule has 32 heavy (non-hydrogen) atoms. The highest BCUT2D eigenvalue weighted by Crippen LogP contribution is 2.31. The standard InChI is InChI=1S/C17H17F3IN7O3S/c1-32(29,30)24-5-9-6-27(2-3-31-9)12-4-11(22-8-23-12)13-16(21)26-28-7-10(18)14(15(19)20)25-17(13)28/h4,7-9,15,24H,2-3,5-6H2,1H3/t9-/m0/s1. The molecule has 1 aliphatic heterocycles. The van der Waals surface area contributed by atoms with Crippen molar-refractivity contribution in [1.82, 2.24) is 29.3 Å². The fourth-order valence-corrected chi connectivity index (χ4v) is 4.50. The van der Waals surface area contributed by atoms with E-state index in [-0.39, 0.29) is 18.3 Å². The van der Waals surface area contributed by atoms with Crippen LogP contribution in [0.15, 0.2) is 18.6 Å². The lowest BCUT2D eigenvalue weighted by Gasteiger charge is -2.33. The largest absolute Gasteiger partial charge is 0.373 e. The number of ether oxygens (including phenoxy) is 1. The van der Waals surface area contributed by atoms with Gasteiger partial charge in [0.05, 0.1) is 36.4 Å². The van der Waals surface area contributed by atoms with Crippen molar-refractivity contribution in [2.45, 2.75) is 12.5 Å². The van der Waals surface area contributed by atoms with Gasteiger partial charge in [-0.2, -0.15) is 5.10 Å². The Bertz CT molecular complexity index is 1260. The van der Waals surface area contributed by atoms with Crippen molar-refractivity contribution >= 4 is 44.1 Å². The Hall–Kier alpha value is -2.11. The predicted molar refractivity (Wildman–Crippen MR) is 116 cm³/mol. The van der Waals surface area contributed by atoms with Crippen molar-refractivity contribution in [3.63, 3.8) is 0 Å². The van der Waals surface area contributed by atoms with Crippen LogP contribution in [0.4, 0.5) is 19.0 Å². The summed E-state index contributed by atoms with van der Waals surface area (Å²) >= 11 is 1.90. The molecule has 4 rings (SSSR count). The molecule has 0 bridgehead atoms. The highest BCUT2D eigenvalue weighted by Gasteiger charge is 2.25. The summed E-state index contributed by atoms with van der Waals surface area (Å²) in [5.41, 5.74) is -0.155. The highest BCUT2D eigenvalue weighted by atomic mass is 127. The fourth-order valence-electron chi connectivity index (χ4n) is 3.26. The summed E-state index contributed by atoms with van der Waals surface area (Å²) in [5, 5.41) is 4.15. The van der Waals surface area contributed by atoms with Crippen molar-refractivity contribution in [2.75, 3.05) is 37.4 Å². The Kier molecular flexibility index (Phi) is 6.51. The molecule has 0 aromatic carbocycles. The van der Waals surface area contributed by atoms with Crippen LogP contribution >= 0.6 is 22.6 Å². The lowest BCUT2D eigenvalue weighted by atomic mass is 10.2. The van der Waals surface area contributed by atoms with Crippen LogP contribution in [0.2, 0.25) is 0 Å². The summed E-state index contributed by atoms with van der Waals surface area (Å²) in [6.07, 6.45) is -0.207. The first-order valence-corrected chi connectivity index (χ1v) is 12.3. The van der Waals surface area contributed by atoms with Gasteiger partial charge >= 0.3 is 0 Å². The van der Waals surface area contributed by atoms with Crippen LogP contribution in [0.5, 0.6) is 0 Å². The van der Waals surface area contributed by atoms with Gasteiger partial charge < -0.3 is 9.64 Å². The highest BCUT2D eigenvalue weighted by molar-refractivity contribution is 14.1. The van der Waals surface area contributed by atoms with E-state index in [1.807, 2.05) is 27.5 Å². The quantitative estimate of drug-likeness (QED) is 0.436. The smallest absolute Gasteiger partial charge is 0.283 e. The summed E-state index contributed by atoms with van der Waals surface area (Å²) in [4.78, 5) is 14.2. The van der Waals surface area contributed by atoms with Crippen LogP contribution < -0.4 is 9.62 Å². The first-order valence-electron chi connectivity index (χ1n) is 9.28. The van der Waals surface area contributed by atoms with Crippen molar-refractivity contribution in [3.8, 4) is 11.3 Å². The molecule has 1 fully saturated rings. The Labute approximate surface area is 194 Å². The third-order valence-corrected chi connectivity index (χ3v) is 6.15. The number of anilines is 1. The van der Waals surface area contributed by atoms with E-state index in [4.69, 9.17) is 4.74 Å². The normalized spacial score (nSPS) is 17.4. The number of nitrogens with zero attached hydrogens (tertiary/aromatic N) is 6. The monoisotopic (exact) mass is 583 g/mol. The van der Waals surface area contributed by atoms with Gasteiger partial charge in [0, 0.05) is 25.7 Å². The average molecular weight is 583 g/mol. The number of hydrogen-bond acceptors (Lipinski definition) is 8. The van der Waals surface area contributed by atoms with E-state index in [2.05, 4.69) is 24.8 Å². The van der Waals surface area contributed by atoms with Gasteiger partial charge in [0.1, 0.15) is 21.5 Å². The summed E-state index contributed by atoms with van der Waals surface area (Å²) in [6.45, 7) is 1.37. The number of nitrogens with one attached hydrogen (secondary N) is 1. The molecule has 3 aromatic rings. The SMILES string of the molecule is CS(=O)(=O)NC[C@H]1CN(c2cc(-c3c(I)nn4cc(F)c(C(F)F)nc34)ncn2)CCO1. The van der Waals surface area contributed by atoms with Crippen molar-refractivity contribution in [3.05, 3.63) is 33.8 Å². The summed E-state index contributed by atoms with van der Waals surface area (Å²) in [6, 6.07) is 1.65. The average Bonchev–Trinajstić information content (AvgIpc) is 3.05. The Morgan fingerprint density at radius 1 is 1.38 bits per heavy atom. The molecule has 15 heteroatoms. The second-order valence-corrected chi connectivity index (χ2v) is 9.88. The van der Waals surface area contributed by atoms with Crippen LogP contribution in [0.3, 0.4) is 0 Å². The summed E-state index contributed by atoms with van der Waals surface area (Å²) in [7, 11) is -3.35. The van der Waals surface area contributed by atoms with Crippen LogP contribution in [0.25, 0.3) is 16.9 Å². The zero-order valence-corrected chi connectivity index (χ0v) is 19.5. The van der Waals surface area contributed by atoms with Gasteiger partial charge in [0.15, 0.2) is 11.5 Å². The lowest BCUT2D eigenvalue weighted by molar-refractivity contribution is 0.0440. The maximum Gasteiger partial charge on any atom is 0.283 e. The lowest BCUT2D eigenvalue weighted by Crippen LogP contribution is -2.47. The van der Waals surface area contributed by atoms with Crippen molar-refractivity contribution in [1.29, 1.82) is 0 Å². The Morgan fingerprint density at radius 2 is 2.16 bits per heavy atom. The van der Waals surface area contributed by atoms with E-state index in [0.717, 1.165) is 17.0 Å². The molecule has 4 heterocycles. The van der Waals surface area contributed by atoms with Gasteiger partial charge in [-0.05, 0) is 22.6 Å². The zero-order valence-electron chi connectivity index (χ0n) is 16.5. The molecule has 1 atom stereocenters. The number of hydrogen-bond donors (Lipinski definition) is 1. The summed E-state index contributed by atoms with van der Waals surface area (Å²) in [5.74, 6) is -0.614. The molecule has 0 saturated carbocycles. The Morgan fingerprint density at radius 3 is 2.88 bits per heavy atom. The molecule has 10 nitrogen and oxygen atoms in total. The van der Waals surface area contributed by atoms with Gasteiger partial charge in [-0.25, -0.2) is 45.8 Å². The minimum atomic E-state index is -3.35. The van der Waals surface area contributed by atoms with Crippen LogP contribution in [-0.4, -0.2) is 71.6 Å². The van der Waals surface area contributed by atoms with E-state index in [1.54, 1.807) is 6.07 Å². The molecule has 1 N–H and O–H groups in total. The van der Waals surface area contributed by atoms with Crippen LogP contribution in [0, 0.1) is 9.52 Å². The topological polar surface area (TPSA) is 115 Å². The Balaban J connectivity index is 1.65. The molecule has 172 valence electrons. The molecule has 1 aliphatic rings. The molecule has 0 radical (unpaired) electrons. The second-order valence-electron chi connectivity index (χ2n) is 7.03. The van der Waals surface area contributed by atoms with Gasteiger partial charge in [-0.1, -0.05) is 0 Å². The van der Waals surface area contributed by atoms with E-state index >= 15 is 0 Å². The second kappa shape index (κ2) is 9.03. The first kappa shape index (κ1) is 23.1. The fraction of sp³-hybridized carbons (Fsp3) is 0.412. The number of rotatable bonds is 6. The minimum Gasteiger partial charge on any atom is -0.373 e. The van der Waals surface area contributed by atoms with E-state index < -0.39 is 28.0 Å². The zero-order chi connectivity index (χ0) is 23.0. The van der Waals surface area contributed by atoms with E-state index in [1.165, 1.54) is 6.33 Å². The number of alkyl halides is 2. The van der Waals surface area contributed by atoms with E-state index in [9.17, 15) is 21.6 Å². The predicted octanol–water partition coefficient (Wildman–Crippen LogP) is 1.62. The third kappa shape index (κ3) is 4.94. The first-order chi connectivity index (χ1) is 15.1. The van der Waals surface area contributed by atoms with Crippen molar-refractivity contribution in [2.24, 2.45) is 0 Å². The number of fused-ring (bicyclic) bond motifs is 1. The molecule has 1 saturated heterocycles. The summed E-state index contributed by atoms with van der Waals surface area (Å²) < 4.78 is 72.4. The van der Waals surface area contributed by atoms with Crippen molar-refractivity contribution < 1.29 is 26.3 Å². The molecule has 0 spiro atoms. The molecule has 3 aromatic heterocycles. The molecule has 0 amide bonds. The molecule has 0 unspecified atom stereocenters. The molecular formula is C17H17F3IN7O3S. The van der Waals surface area contributed by atoms with Gasteiger partial charge in [-0.3, -0.25) is 0 Å². The van der Waals surface area contributed by atoms with E-state index in [0.29, 0.717) is 40.5 Å². The van der Waals surface area contributed by atoms with Gasteiger partial charge in [0.25, 0.3) is 6.43 Å². The molecular weight excluding hydrogens is 566 g/mol.